The third-order valence-corrected chi connectivity index (χ3v) is 4.34. The van der Waals surface area contributed by atoms with Crippen molar-refractivity contribution in [2.45, 2.75) is 38.3 Å². The average molecular weight is 389 g/mol. The monoisotopic (exact) mass is 388 g/mol. The lowest BCUT2D eigenvalue weighted by Crippen LogP contribution is -2.48. The van der Waals surface area contributed by atoms with E-state index < -0.39 is 5.54 Å². The smallest absolute Gasteiger partial charge is 0.256 e. The van der Waals surface area contributed by atoms with Crippen LogP contribution in [0, 0.1) is 14.9 Å². The Kier molecular flexibility index (Phi) is 4.07. The normalized spacial score (nSPS) is 14.9. The van der Waals surface area contributed by atoms with Crippen molar-refractivity contribution in [1.29, 1.82) is 5.26 Å². The van der Waals surface area contributed by atoms with E-state index in [1.807, 2.05) is 6.07 Å². The fourth-order valence-electron chi connectivity index (χ4n) is 2.05. The van der Waals surface area contributed by atoms with Gasteiger partial charge in [0.2, 0.25) is 0 Å². The molecule has 1 saturated carbocycles. The Morgan fingerprint density at radius 2 is 2.16 bits per heavy atom. The Morgan fingerprint density at radius 3 is 2.68 bits per heavy atom. The van der Waals surface area contributed by atoms with Gasteiger partial charge in [0, 0.05) is 14.6 Å². The lowest BCUT2D eigenvalue weighted by molar-refractivity contribution is 0.0614. The van der Waals surface area contributed by atoms with Crippen LogP contribution in [0.3, 0.4) is 0 Å². The summed E-state index contributed by atoms with van der Waals surface area (Å²) >= 11 is 8.09. The second kappa shape index (κ2) is 5.29. The largest absolute Gasteiger partial charge is 0.317 e. The highest BCUT2D eigenvalue weighted by atomic mass is 127. The summed E-state index contributed by atoms with van der Waals surface area (Å²) in [5.41, 5.74) is -0.229. The van der Waals surface area contributed by atoms with Gasteiger partial charge in [-0.1, -0.05) is 11.6 Å². The highest BCUT2D eigenvalue weighted by molar-refractivity contribution is 14.1. The summed E-state index contributed by atoms with van der Waals surface area (Å²) < 4.78 is 0.853. The van der Waals surface area contributed by atoms with Gasteiger partial charge in [0.1, 0.15) is 5.54 Å². The van der Waals surface area contributed by atoms with E-state index in [0.29, 0.717) is 10.6 Å². The molecule has 0 spiro atoms. The van der Waals surface area contributed by atoms with Crippen molar-refractivity contribution < 1.29 is 4.79 Å². The highest BCUT2D eigenvalue weighted by Crippen LogP contribution is 2.35. The van der Waals surface area contributed by atoms with E-state index in [1.54, 1.807) is 30.9 Å². The van der Waals surface area contributed by atoms with Crippen molar-refractivity contribution in [1.82, 2.24) is 4.90 Å². The molecular weight excluding hydrogens is 375 g/mol. The number of halogens is 2. The second-order valence-electron chi connectivity index (χ2n) is 5.20. The molecule has 0 unspecified atom stereocenters. The van der Waals surface area contributed by atoms with Crippen LogP contribution in [0.4, 0.5) is 0 Å². The molecule has 0 heterocycles. The van der Waals surface area contributed by atoms with E-state index in [-0.39, 0.29) is 11.9 Å². The van der Waals surface area contributed by atoms with E-state index >= 15 is 0 Å². The number of hydrogen-bond acceptors (Lipinski definition) is 2. The fourth-order valence-corrected chi connectivity index (χ4v) is 2.79. The minimum atomic E-state index is -0.802. The number of rotatable bonds is 3. The number of carbonyl (C=O) groups is 1. The molecule has 1 amide bonds. The summed E-state index contributed by atoms with van der Waals surface area (Å²) in [4.78, 5) is 14.4. The van der Waals surface area contributed by atoms with Crippen LogP contribution in [0.1, 0.15) is 37.0 Å². The van der Waals surface area contributed by atoms with Gasteiger partial charge in [-0.2, -0.15) is 5.26 Å². The summed E-state index contributed by atoms with van der Waals surface area (Å²) in [6, 6.07) is 7.65. The molecule has 2 rings (SSSR count). The molecule has 0 atom stereocenters. The van der Waals surface area contributed by atoms with Crippen molar-refractivity contribution in [3.63, 3.8) is 0 Å². The van der Waals surface area contributed by atoms with Crippen LogP contribution in [-0.4, -0.2) is 22.4 Å². The number of nitriles is 1. The minimum Gasteiger partial charge on any atom is -0.317 e. The summed E-state index contributed by atoms with van der Waals surface area (Å²) in [7, 11) is 0. The van der Waals surface area contributed by atoms with Gasteiger partial charge in [-0.25, -0.2) is 0 Å². The van der Waals surface area contributed by atoms with Crippen molar-refractivity contribution in [3.8, 4) is 6.07 Å². The van der Waals surface area contributed by atoms with Gasteiger partial charge < -0.3 is 4.90 Å². The molecular formula is C14H14ClIN2O. The number of amides is 1. The molecule has 1 fully saturated rings. The zero-order valence-electron chi connectivity index (χ0n) is 10.8. The topological polar surface area (TPSA) is 44.1 Å². The molecule has 0 radical (unpaired) electrons. The molecule has 1 aromatic carbocycles. The third kappa shape index (κ3) is 3.03. The molecule has 19 heavy (non-hydrogen) atoms. The lowest BCUT2D eigenvalue weighted by Gasteiger charge is -2.33. The highest BCUT2D eigenvalue weighted by Gasteiger charge is 2.42. The van der Waals surface area contributed by atoms with Gasteiger partial charge in [0.15, 0.2) is 0 Å². The van der Waals surface area contributed by atoms with Crippen LogP contribution < -0.4 is 0 Å². The summed E-state index contributed by atoms with van der Waals surface area (Å²) in [6.07, 6.45) is 1.93. The van der Waals surface area contributed by atoms with Crippen LogP contribution in [0.15, 0.2) is 18.2 Å². The Balaban J connectivity index is 2.41. The first kappa shape index (κ1) is 14.6. The standard InChI is InChI=1S/C14H14ClIN2O/c1-14(2,8-17)18(10-4-5-10)13(19)11-7-9(15)3-6-12(11)16/h3,6-7,10H,4-5H2,1-2H3. The van der Waals surface area contributed by atoms with Gasteiger partial charge in [0.25, 0.3) is 5.91 Å². The van der Waals surface area contributed by atoms with E-state index in [2.05, 4.69) is 28.7 Å². The minimum absolute atomic E-state index is 0.110. The van der Waals surface area contributed by atoms with E-state index in [0.717, 1.165) is 16.4 Å². The number of benzene rings is 1. The molecule has 0 bridgehead atoms. The van der Waals surface area contributed by atoms with Crippen molar-refractivity contribution in [2.24, 2.45) is 0 Å². The van der Waals surface area contributed by atoms with Gasteiger partial charge in [-0.3, -0.25) is 4.79 Å². The number of carbonyl (C=O) groups excluding carboxylic acids is 1. The Labute approximate surface area is 131 Å². The Hall–Kier alpha value is -0.800. The van der Waals surface area contributed by atoms with Crippen LogP contribution in [0.5, 0.6) is 0 Å². The van der Waals surface area contributed by atoms with Crippen LogP contribution in [0.25, 0.3) is 0 Å². The summed E-state index contributed by atoms with van der Waals surface area (Å²) in [5, 5.41) is 9.83. The first-order valence-electron chi connectivity index (χ1n) is 6.07. The van der Waals surface area contributed by atoms with E-state index in [4.69, 9.17) is 11.6 Å². The van der Waals surface area contributed by atoms with Gasteiger partial charge in [0.05, 0.1) is 11.6 Å². The summed E-state index contributed by atoms with van der Waals surface area (Å²) in [5.74, 6) is -0.110. The van der Waals surface area contributed by atoms with E-state index in [9.17, 15) is 10.1 Å². The molecule has 3 nitrogen and oxygen atoms in total. The quantitative estimate of drug-likeness (QED) is 0.738. The fraction of sp³-hybridized carbons (Fsp3) is 0.429. The molecule has 0 aliphatic heterocycles. The Bertz CT molecular complexity index is 561. The van der Waals surface area contributed by atoms with Crippen molar-refractivity contribution in [2.75, 3.05) is 0 Å². The molecule has 0 N–H and O–H groups in total. The second-order valence-corrected chi connectivity index (χ2v) is 6.80. The first-order chi connectivity index (χ1) is 8.86. The van der Waals surface area contributed by atoms with Crippen LogP contribution >= 0.6 is 34.2 Å². The average Bonchev–Trinajstić information content (AvgIpc) is 3.16. The lowest BCUT2D eigenvalue weighted by atomic mass is 10.0. The predicted octanol–water partition coefficient (Wildman–Crippen LogP) is 3.85. The third-order valence-electron chi connectivity index (χ3n) is 3.17. The molecule has 1 aliphatic carbocycles. The van der Waals surface area contributed by atoms with Gasteiger partial charge in [-0.15, -0.1) is 0 Å². The van der Waals surface area contributed by atoms with Crippen LogP contribution in [-0.2, 0) is 0 Å². The maximum Gasteiger partial charge on any atom is 0.256 e. The molecule has 1 aliphatic rings. The first-order valence-corrected chi connectivity index (χ1v) is 7.52. The molecule has 100 valence electrons. The van der Waals surface area contributed by atoms with Gasteiger partial charge in [-0.05, 0) is 67.5 Å². The molecule has 0 saturated heterocycles. The molecule has 1 aromatic rings. The zero-order chi connectivity index (χ0) is 14.2. The number of hydrogen-bond donors (Lipinski definition) is 0. The molecule has 5 heteroatoms. The van der Waals surface area contributed by atoms with Gasteiger partial charge >= 0.3 is 0 Å². The summed E-state index contributed by atoms with van der Waals surface area (Å²) in [6.45, 7) is 3.56. The van der Waals surface area contributed by atoms with Crippen molar-refractivity contribution >= 4 is 40.1 Å². The molecule has 0 aromatic heterocycles. The SMILES string of the molecule is CC(C)(C#N)N(C(=O)c1cc(Cl)ccc1I)C1CC1. The van der Waals surface area contributed by atoms with Crippen molar-refractivity contribution in [3.05, 3.63) is 32.4 Å². The number of nitrogens with zero attached hydrogens (tertiary/aromatic N) is 2. The zero-order valence-corrected chi connectivity index (χ0v) is 13.7. The maximum absolute atomic E-state index is 12.7. The predicted molar refractivity (Wildman–Crippen MR) is 83.1 cm³/mol. The Morgan fingerprint density at radius 1 is 1.53 bits per heavy atom. The maximum atomic E-state index is 12.7. The van der Waals surface area contributed by atoms with Crippen LogP contribution in [0.2, 0.25) is 5.02 Å². The van der Waals surface area contributed by atoms with E-state index in [1.165, 1.54) is 0 Å².